The van der Waals surface area contributed by atoms with Crippen LogP contribution in [0.25, 0.3) is 10.8 Å². The van der Waals surface area contributed by atoms with E-state index in [4.69, 9.17) is 4.42 Å². The highest BCUT2D eigenvalue weighted by Crippen LogP contribution is 2.30. The van der Waals surface area contributed by atoms with E-state index in [-0.39, 0.29) is 11.9 Å². The van der Waals surface area contributed by atoms with Crippen LogP contribution >= 0.6 is 11.3 Å². The zero-order valence-corrected chi connectivity index (χ0v) is 14.1. The molecule has 5 nitrogen and oxygen atoms in total. The lowest BCUT2D eigenvalue weighted by molar-refractivity contribution is 0.0910. The molecule has 1 amide bonds. The molecular weight excluding hydrogens is 310 g/mol. The monoisotopic (exact) mass is 331 g/mol. The Kier molecular flexibility index (Phi) is 3.95. The van der Waals surface area contributed by atoms with Gasteiger partial charge in [-0.1, -0.05) is 6.42 Å². The highest BCUT2D eigenvalue weighted by molar-refractivity contribution is 7.15. The van der Waals surface area contributed by atoms with Gasteiger partial charge in [-0.2, -0.15) is 0 Å². The first-order valence-electron chi connectivity index (χ1n) is 8.28. The molecule has 0 unspecified atom stereocenters. The molecule has 2 aliphatic heterocycles. The minimum absolute atomic E-state index is 0.0472. The van der Waals surface area contributed by atoms with Gasteiger partial charge >= 0.3 is 0 Å². The standard InChI is InChI=1S/C17H21N3O2S/c1-11-15(19-17(23-11)14-6-4-10-22-14)16(21)18-12-7-9-20-8-3-2-5-13(12)20/h4,6,10,12-13H,2-3,5,7-9H2,1H3,(H,18,21)/t12-,13+/m0/s1. The smallest absolute Gasteiger partial charge is 0.271 e. The van der Waals surface area contributed by atoms with E-state index in [1.165, 1.54) is 37.1 Å². The molecule has 2 aliphatic rings. The van der Waals surface area contributed by atoms with Crippen LogP contribution < -0.4 is 5.32 Å². The molecule has 2 aromatic heterocycles. The predicted molar refractivity (Wildman–Crippen MR) is 89.6 cm³/mol. The maximum atomic E-state index is 12.7. The number of fused-ring (bicyclic) bond motifs is 1. The molecule has 23 heavy (non-hydrogen) atoms. The molecule has 4 rings (SSSR count). The van der Waals surface area contributed by atoms with Gasteiger partial charge in [-0.3, -0.25) is 9.69 Å². The number of hydrogen-bond donors (Lipinski definition) is 1. The Morgan fingerprint density at radius 1 is 1.39 bits per heavy atom. The van der Waals surface area contributed by atoms with Gasteiger partial charge in [0.2, 0.25) is 0 Å². The Labute approximate surface area is 139 Å². The average molecular weight is 331 g/mol. The van der Waals surface area contributed by atoms with E-state index in [1.807, 2.05) is 19.1 Å². The normalized spacial score (nSPS) is 24.6. The second-order valence-electron chi connectivity index (χ2n) is 6.37. The van der Waals surface area contributed by atoms with E-state index in [2.05, 4.69) is 15.2 Å². The number of hydrogen-bond acceptors (Lipinski definition) is 5. The van der Waals surface area contributed by atoms with E-state index in [0.717, 1.165) is 28.6 Å². The number of carbonyl (C=O) groups excluding carboxylic acids is 1. The topological polar surface area (TPSA) is 58.4 Å². The van der Waals surface area contributed by atoms with Crippen molar-refractivity contribution in [1.29, 1.82) is 0 Å². The van der Waals surface area contributed by atoms with Crippen LogP contribution in [0, 0.1) is 6.92 Å². The molecule has 2 aromatic rings. The number of furan rings is 1. The summed E-state index contributed by atoms with van der Waals surface area (Å²) in [6.07, 6.45) is 6.42. The number of carbonyl (C=O) groups is 1. The molecule has 4 heterocycles. The number of nitrogens with zero attached hydrogens (tertiary/aromatic N) is 2. The number of rotatable bonds is 3. The molecule has 2 atom stereocenters. The number of aromatic nitrogens is 1. The third-order valence-electron chi connectivity index (χ3n) is 4.92. The molecule has 0 radical (unpaired) electrons. The second-order valence-corrected chi connectivity index (χ2v) is 7.57. The number of amides is 1. The van der Waals surface area contributed by atoms with Crippen LogP contribution in [0.3, 0.4) is 0 Å². The summed E-state index contributed by atoms with van der Waals surface area (Å²) in [4.78, 5) is 20.6. The zero-order chi connectivity index (χ0) is 15.8. The fourth-order valence-corrected chi connectivity index (χ4v) is 4.64. The minimum atomic E-state index is -0.0472. The van der Waals surface area contributed by atoms with Crippen LogP contribution in [-0.4, -0.2) is 41.0 Å². The molecule has 0 saturated carbocycles. The molecule has 0 bridgehead atoms. The summed E-state index contributed by atoms with van der Waals surface area (Å²) in [5.41, 5.74) is 0.538. The Morgan fingerprint density at radius 3 is 3.13 bits per heavy atom. The molecule has 122 valence electrons. The van der Waals surface area contributed by atoms with E-state index in [1.54, 1.807) is 6.26 Å². The van der Waals surface area contributed by atoms with Gasteiger partial charge in [-0.05, 0) is 44.9 Å². The fraction of sp³-hybridized carbons (Fsp3) is 0.529. The summed E-state index contributed by atoms with van der Waals surface area (Å²) in [5.74, 6) is 0.672. The van der Waals surface area contributed by atoms with Gasteiger partial charge in [0.15, 0.2) is 10.8 Å². The summed E-state index contributed by atoms with van der Waals surface area (Å²) in [6.45, 7) is 4.22. The van der Waals surface area contributed by atoms with Crippen molar-refractivity contribution in [2.75, 3.05) is 13.1 Å². The van der Waals surface area contributed by atoms with Crippen molar-refractivity contribution in [3.63, 3.8) is 0 Å². The van der Waals surface area contributed by atoms with Crippen LogP contribution in [0.2, 0.25) is 0 Å². The Bertz CT molecular complexity index is 695. The first-order chi connectivity index (χ1) is 11.2. The van der Waals surface area contributed by atoms with Crippen LogP contribution in [0.4, 0.5) is 0 Å². The van der Waals surface area contributed by atoms with Gasteiger partial charge < -0.3 is 9.73 Å². The van der Waals surface area contributed by atoms with Crippen molar-refractivity contribution < 1.29 is 9.21 Å². The van der Waals surface area contributed by atoms with Crippen LogP contribution in [0.5, 0.6) is 0 Å². The van der Waals surface area contributed by atoms with Gasteiger partial charge in [0.05, 0.1) is 6.26 Å². The van der Waals surface area contributed by atoms with Gasteiger partial charge in [0, 0.05) is 23.5 Å². The lowest BCUT2D eigenvalue weighted by atomic mass is 9.99. The molecule has 1 N–H and O–H groups in total. The van der Waals surface area contributed by atoms with Gasteiger partial charge in [-0.25, -0.2) is 4.98 Å². The first-order valence-corrected chi connectivity index (χ1v) is 9.10. The lowest BCUT2D eigenvalue weighted by Gasteiger charge is -2.32. The van der Waals surface area contributed by atoms with E-state index in [0.29, 0.717) is 11.7 Å². The van der Waals surface area contributed by atoms with Crippen molar-refractivity contribution in [2.45, 2.75) is 44.7 Å². The zero-order valence-electron chi connectivity index (χ0n) is 13.2. The SMILES string of the molecule is Cc1sc(-c2ccco2)nc1C(=O)N[C@H]1CCN2CCCC[C@H]12. The van der Waals surface area contributed by atoms with Crippen molar-refractivity contribution >= 4 is 17.2 Å². The maximum absolute atomic E-state index is 12.7. The van der Waals surface area contributed by atoms with Crippen molar-refractivity contribution in [2.24, 2.45) is 0 Å². The molecule has 0 spiro atoms. The number of aryl methyl sites for hydroxylation is 1. The van der Waals surface area contributed by atoms with Crippen molar-refractivity contribution in [3.05, 3.63) is 29.0 Å². The van der Waals surface area contributed by atoms with Crippen molar-refractivity contribution in [1.82, 2.24) is 15.2 Å². The first kappa shape index (κ1) is 14.9. The summed E-state index contributed by atoms with van der Waals surface area (Å²) in [7, 11) is 0. The number of thiazole rings is 1. The molecule has 0 aromatic carbocycles. The fourth-order valence-electron chi connectivity index (χ4n) is 3.77. The number of nitrogens with one attached hydrogen (secondary N) is 1. The van der Waals surface area contributed by atoms with Gasteiger partial charge in [0.25, 0.3) is 5.91 Å². The minimum Gasteiger partial charge on any atom is -0.462 e. The Hall–Kier alpha value is -1.66. The molecule has 6 heteroatoms. The van der Waals surface area contributed by atoms with E-state index in [9.17, 15) is 4.79 Å². The maximum Gasteiger partial charge on any atom is 0.271 e. The third kappa shape index (κ3) is 2.81. The van der Waals surface area contributed by atoms with Gasteiger partial charge in [0.1, 0.15) is 5.69 Å². The van der Waals surface area contributed by atoms with Crippen LogP contribution in [0.15, 0.2) is 22.8 Å². The van der Waals surface area contributed by atoms with E-state index < -0.39 is 0 Å². The van der Waals surface area contributed by atoms with Crippen LogP contribution in [-0.2, 0) is 0 Å². The number of piperidine rings is 1. The Morgan fingerprint density at radius 2 is 2.30 bits per heavy atom. The summed E-state index contributed by atoms with van der Waals surface area (Å²) < 4.78 is 5.38. The summed E-state index contributed by atoms with van der Waals surface area (Å²) in [6, 6.07) is 4.48. The lowest BCUT2D eigenvalue weighted by Crippen LogP contribution is -2.46. The average Bonchev–Trinajstić information content (AvgIpc) is 3.27. The van der Waals surface area contributed by atoms with Crippen LogP contribution in [0.1, 0.15) is 41.0 Å². The molecular formula is C17H21N3O2S. The largest absolute Gasteiger partial charge is 0.462 e. The highest BCUT2D eigenvalue weighted by Gasteiger charge is 2.36. The van der Waals surface area contributed by atoms with E-state index >= 15 is 0 Å². The third-order valence-corrected chi connectivity index (χ3v) is 5.90. The second kappa shape index (κ2) is 6.09. The Balaban J connectivity index is 1.49. The molecule has 2 saturated heterocycles. The predicted octanol–water partition coefficient (Wildman–Crippen LogP) is 3.07. The quantitative estimate of drug-likeness (QED) is 0.939. The summed E-state index contributed by atoms with van der Waals surface area (Å²) in [5, 5.41) is 3.99. The summed E-state index contributed by atoms with van der Waals surface area (Å²) >= 11 is 1.50. The highest BCUT2D eigenvalue weighted by atomic mass is 32.1. The van der Waals surface area contributed by atoms with Crippen molar-refractivity contribution in [3.8, 4) is 10.8 Å². The molecule has 0 aliphatic carbocycles. The van der Waals surface area contributed by atoms with Gasteiger partial charge in [-0.15, -0.1) is 11.3 Å². The molecule has 2 fully saturated rings.